The maximum Gasteiger partial charge on any atom is 0.330 e. The lowest BCUT2D eigenvalue weighted by Crippen LogP contribution is -2.11. The standard InChI is InChI=1S/C12H27O3P/c1-10(2)7-14-16(13,9-12(5)6)15-8-11(3)4/h10-12H,7-9H2,1-6H3. The topological polar surface area (TPSA) is 35.5 Å². The molecule has 0 aliphatic heterocycles. The van der Waals surface area contributed by atoms with Gasteiger partial charge in [0.15, 0.2) is 0 Å². The van der Waals surface area contributed by atoms with Gasteiger partial charge in [-0.2, -0.15) is 0 Å². The van der Waals surface area contributed by atoms with E-state index in [2.05, 4.69) is 0 Å². The molecule has 0 saturated heterocycles. The molecule has 0 aliphatic carbocycles. The van der Waals surface area contributed by atoms with Crippen molar-refractivity contribution in [3.05, 3.63) is 0 Å². The Hall–Kier alpha value is 0.150. The van der Waals surface area contributed by atoms with Crippen molar-refractivity contribution in [2.45, 2.75) is 41.5 Å². The largest absolute Gasteiger partial charge is 0.330 e. The Balaban J connectivity index is 4.30. The van der Waals surface area contributed by atoms with Crippen LogP contribution in [0, 0.1) is 17.8 Å². The maximum absolute atomic E-state index is 12.4. The third kappa shape index (κ3) is 8.32. The molecular formula is C12H27O3P. The summed E-state index contributed by atoms with van der Waals surface area (Å²) in [5.41, 5.74) is 0. The molecule has 0 bridgehead atoms. The normalized spacial score (nSPS) is 13.1. The summed E-state index contributed by atoms with van der Waals surface area (Å²) >= 11 is 0. The fraction of sp³-hybridized carbons (Fsp3) is 1.00. The van der Waals surface area contributed by atoms with Gasteiger partial charge in [0.1, 0.15) is 0 Å². The summed E-state index contributed by atoms with van der Waals surface area (Å²) < 4.78 is 23.4. The van der Waals surface area contributed by atoms with Crippen LogP contribution in [0.2, 0.25) is 0 Å². The average molecular weight is 250 g/mol. The summed E-state index contributed by atoms with van der Waals surface area (Å²) in [6.07, 6.45) is 0.506. The van der Waals surface area contributed by atoms with E-state index in [1.165, 1.54) is 0 Å². The third-order valence-corrected chi connectivity index (χ3v) is 4.06. The van der Waals surface area contributed by atoms with Crippen LogP contribution in [0.1, 0.15) is 41.5 Å². The highest BCUT2D eigenvalue weighted by Gasteiger charge is 2.26. The Morgan fingerprint density at radius 3 is 1.44 bits per heavy atom. The minimum atomic E-state index is -2.88. The first-order valence-electron chi connectivity index (χ1n) is 6.13. The smallest absolute Gasteiger partial charge is 0.308 e. The van der Waals surface area contributed by atoms with E-state index in [1.54, 1.807) is 0 Å². The Kier molecular flexibility index (Phi) is 7.54. The van der Waals surface area contributed by atoms with Gasteiger partial charge in [0.25, 0.3) is 0 Å². The molecule has 0 atom stereocenters. The van der Waals surface area contributed by atoms with E-state index in [4.69, 9.17) is 9.05 Å². The SMILES string of the molecule is CC(C)COP(=O)(CC(C)C)OCC(C)C. The zero-order valence-corrected chi connectivity index (χ0v) is 12.4. The molecule has 0 aromatic carbocycles. The highest BCUT2D eigenvalue weighted by atomic mass is 31.2. The first-order chi connectivity index (χ1) is 7.25. The molecule has 0 N–H and O–H groups in total. The van der Waals surface area contributed by atoms with E-state index in [0.717, 1.165) is 0 Å². The van der Waals surface area contributed by atoms with Crippen LogP contribution in [0.3, 0.4) is 0 Å². The summed E-state index contributed by atoms with van der Waals surface area (Å²) in [6, 6.07) is 0. The second-order valence-corrected chi connectivity index (χ2v) is 7.67. The molecular weight excluding hydrogens is 223 g/mol. The second kappa shape index (κ2) is 7.47. The Labute approximate surface area is 100 Å². The van der Waals surface area contributed by atoms with Crippen molar-refractivity contribution >= 4 is 7.60 Å². The van der Waals surface area contributed by atoms with Crippen LogP contribution >= 0.6 is 7.60 Å². The number of hydrogen-bond donors (Lipinski definition) is 0. The van der Waals surface area contributed by atoms with Crippen LogP contribution in [0.4, 0.5) is 0 Å². The maximum atomic E-state index is 12.4. The van der Waals surface area contributed by atoms with Crippen molar-refractivity contribution < 1.29 is 13.6 Å². The van der Waals surface area contributed by atoms with E-state index in [-0.39, 0.29) is 0 Å². The minimum absolute atomic E-state index is 0.324. The summed E-state index contributed by atoms with van der Waals surface area (Å²) in [5, 5.41) is 0. The molecule has 0 spiro atoms. The minimum Gasteiger partial charge on any atom is -0.308 e. The molecule has 3 nitrogen and oxygen atoms in total. The van der Waals surface area contributed by atoms with Crippen molar-refractivity contribution in [2.75, 3.05) is 19.4 Å². The molecule has 16 heavy (non-hydrogen) atoms. The summed E-state index contributed by atoms with van der Waals surface area (Å²) in [7, 11) is -2.88. The van der Waals surface area contributed by atoms with Crippen molar-refractivity contribution in [2.24, 2.45) is 17.8 Å². The number of rotatable bonds is 8. The van der Waals surface area contributed by atoms with E-state index in [1.807, 2.05) is 41.5 Å². The molecule has 0 aromatic heterocycles. The van der Waals surface area contributed by atoms with Crippen LogP contribution in [0.5, 0.6) is 0 Å². The van der Waals surface area contributed by atoms with Gasteiger partial charge in [-0.15, -0.1) is 0 Å². The van der Waals surface area contributed by atoms with Gasteiger partial charge in [-0.25, -0.2) is 0 Å². The van der Waals surface area contributed by atoms with Gasteiger partial charge in [-0.05, 0) is 17.8 Å². The van der Waals surface area contributed by atoms with E-state index in [0.29, 0.717) is 37.1 Å². The first-order valence-corrected chi connectivity index (χ1v) is 7.86. The van der Waals surface area contributed by atoms with Gasteiger partial charge in [0, 0.05) is 0 Å². The van der Waals surface area contributed by atoms with Gasteiger partial charge in [-0.1, -0.05) is 41.5 Å². The van der Waals surface area contributed by atoms with Gasteiger partial charge in [0.05, 0.1) is 19.4 Å². The lowest BCUT2D eigenvalue weighted by atomic mass is 10.2. The molecule has 0 fully saturated rings. The molecule has 0 aliphatic rings. The molecule has 0 unspecified atom stereocenters. The van der Waals surface area contributed by atoms with Gasteiger partial charge >= 0.3 is 7.60 Å². The third-order valence-electron chi connectivity index (χ3n) is 1.80. The summed E-state index contributed by atoms with van der Waals surface area (Å²) in [5.74, 6) is 1.08. The van der Waals surface area contributed by atoms with Gasteiger partial charge in [-0.3, -0.25) is 4.57 Å². The zero-order valence-electron chi connectivity index (χ0n) is 11.5. The van der Waals surface area contributed by atoms with Crippen LogP contribution < -0.4 is 0 Å². The van der Waals surface area contributed by atoms with E-state index in [9.17, 15) is 4.57 Å². The summed E-state index contributed by atoms with van der Waals surface area (Å²) in [6.45, 7) is 13.2. The van der Waals surface area contributed by atoms with Crippen molar-refractivity contribution in [1.29, 1.82) is 0 Å². The van der Waals surface area contributed by atoms with Crippen molar-refractivity contribution in [1.82, 2.24) is 0 Å². The molecule has 98 valence electrons. The van der Waals surface area contributed by atoms with Crippen LogP contribution in [0.15, 0.2) is 0 Å². The first kappa shape index (κ1) is 16.1. The van der Waals surface area contributed by atoms with Gasteiger partial charge in [0.2, 0.25) is 0 Å². The van der Waals surface area contributed by atoms with E-state index < -0.39 is 7.60 Å². The highest BCUT2D eigenvalue weighted by molar-refractivity contribution is 7.53. The predicted octanol–water partition coefficient (Wildman–Crippen LogP) is 4.18. The second-order valence-electron chi connectivity index (χ2n) is 5.57. The molecule has 0 amide bonds. The average Bonchev–Trinajstić information content (AvgIpc) is 2.11. The molecule has 0 radical (unpaired) electrons. The van der Waals surface area contributed by atoms with Gasteiger partial charge < -0.3 is 9.05 Å². The van der Waals surface area contributed by atoms with Crippen LogP contribution in [-0.2, 0) is 13.6 Å². The van der Waals surface area contributed by atoms with Crippen molar-refractivity contribution in [3.63, 3.8) is 0 Å². The highest BCUT2D eigenvalue weighted by Crippen LogP contribution is 2.50. The predicted molar refractivity (Wildman–Crippen MR) is 68.9 cm³/mol. The van der Waals surface area contributed by atoms with Crippen LogP contribution in [-0.4, -0.2) is 19.4 Å². The quantitative estimate of drug-likeness (QED) is 0.606. The molecule has 0 heterocycles. The fourth-order valence-corrected chi connectivity index (χ4v) is 3.35. The van der Waals surface area contributed by atoms with Crippen molar-refractivity contribution in [3.8, 4) is 0 Å². The molecule has 0 rings (SSSR count). The number of hydrogen-bond acceptors (Lipinski definition) is 3. The Morgan fingerprint density at radius 2 is 1.19 bits per heavy atom. The molecule has 0 aromatic rings. The lowest BCUT2D eigenvalue weighted by molar-refractivity contribution is 0.171. The summed E-state index contributed by atoms with van der Waals surface area (Å²) in [4.78, 5) is 0. The van der Waals surface area contributed by atoms with Crippen LogP contribution in [0.25, 0.3) is 0 Å². The zero-order chi connectivity index (χ0) is 12.8. The Bertz CT molecular complexity index is 208. The lowest BCUT2D eigenvalue weighted by Gasteiger charge is -2.22. The fourth-order valence-electron chi connectivity index (χ4n) is 1.12. The molecule has 4 heteroatoms. The molecule has 0 saturated carbocycles. The monoisotopic (exact) mass is 250 g/mol. The van der Waals surface area contributed by atoms with E-state index >= 15 is 0 Å². The Morgan fingerprint density at radius 1 is 0.812 bits per heavy atom.